The first kappa shape index (κ1) is 24.5. The third kappa shape index (κ3) is 3.75. The van der Waals surface area contributed by atoms with Crippen molar-refractivity contribution in [1.82, 2.24) is 29.1 Å². The zero-order valence-corrected chi connectivity index (χ0v) is 23.5. The molecule has 6 nitrogen and oxygen atoms in total. The summed E-state index contributed by atoms with van der Waals surface area (Å²) in [6.45, 7) is 0. The van der Waals surface area contributed by atoms with Crippen LogP contribution in [0.1, 0.15) is 0 Å². The molecule has 0 N–H and O–H groups in total. The Balaban J connectivity index is 1.41. The van der Waals surface area contributed by atoms with E-state index in [2.05, 4.69) is 81.9 Å². The van der Waals surface area contributed by atoms with E-state index in [9.17, 15) is 0 Å². The van der Waals surface area contributed by atoms with Crippen LogP contribution in [0.25, 0.3) is 78.2 Å². The highest BCUT2D eigenvalue weighted by atomic mass is 15.2. The average Bonchev–Trinajstić information content (AvgIpc) is 3.60. The monoisotopic (exact) mass is 564 g/mol. The summed E-state index contributed by atoms with van der Waals surface area (Å²) >= 11 is 0. The van der Waals surface area contributed by atoms with Gasteiger partial charge in [-0.2, -0.15) is 9.97 Å². The fourth-order valence-corrected chi connectivity index (χ4v) is 6.26. The summed E-state index contributed by atoms with van der Waals surface area (Å²) in [6.07, 6.45) is 1.83. The van der Waals surface area contributed by atoms with E-state index in [0.29, 0.717) is 17.6 Å². The lowest BCUT2D eigenvalue weighted by Gasteiger charge is -2.11. The summed E-state index contributed by atoms with van der Waals surface area (Å²) in [6, 6.07) is 47.9. The van der Waals surface area contributed by atoms with Crippen molar-refractivity contribution in [2.24, 2.45) is 0 Å². The van der Waals surface area contributed by atoms with Crippen molar-refractivity contribution in [1.29, 1.82) is 0 Å². The summed E-state index contributed by atoms with van der Waals surface area (Å²) in [5.74, 6) is 1.75. The molecule has 0 saturated carbocycles. The van der Waals surface area contributed by atoms with Crippen molar-refractivity contribution >= 4 is 43.7 Å². The quantitative estimate of drug-likeness (QED) is 0.214. The van der Waals surface area contributed by atoms with Crippen LogP contribution in [0, 0.1) is 0 Å². The van der Waals surface area contributed by atoms with Crippen LogP contribution in [0.15, 0.2) is 146 Å². The Kier molecular flexibility index (Phi) is 5.40. The first-order valence-corrected chi connectivity index (χ1v) is 14.6. The zero-order valence-electron chi connectivity index (χ0n) is 23.5. The third-order valence-electron chi connectivity index (χ3n) is 8.22. The van der Waals surface area contributed by atoms with Crippen LogP contribution in [0.4, 0.5) is 0 Å². The van der Waals surface area contributed by atoms with E-state index >= 15 is 0 Å². The van der Waals surface area contributed by atoms with E-state index < -0.39 is 0 Å². The third-order valence-corrected chi connectivity index (χ3v) is 8.22. The number of benzene rings is 5. The number of hydrogen-bond acceptors (Lipinski definition) is 4. The molecule has 206 valence electrons. The van der Waals surface area contributed by atoms with Crippen molar-refractivity contribution in [3.8, 4) is 34.4 Å². The highest BCUT2D eigenvalue weighted by Gasteiger charge is 2.21. The van der Waals surface area contributed by atoms with Crippen LogP contribution >= 0.6 is 0 Å². The van der Waals surface area contributed by atoms with Crippen molar-refractivity contribution < 1.29 is 0 Å². The molecule has 0 aliphatic heterocycles. The van der Waals surface area contributed by atoms with E-state index in [0.717, 1.165) is 49.8 Å². The van der Waals surface area contributed by atoms with Crippen LogP contribution in [0.2, 0.25) is 0 Å². The molecule has 0 radical (unpaired) electrons. The number of rotatable bonds is 4. The van der Waals surface area contributed by atoms with E-state index in [1.54, 1.807) is 0 Å². The van der Waals surface area contributed by atoms with E-state index in [1.807, 2.05) is 72.9 Å². The smallest absolute Gasteiger partial charge is 0.240 e. The van der Waals surface area contributed by atoms with Gasteiger partial charge in [-0.1, -0.05) is 97.1 Å². The van der Waals surface area contributed by atoms with Crippen molar-refractivity contribution in [3.05, 3.63) is 146 Å². The molecule has 6 heteroatoms. The molecule has 0 aliphatic carbocycles. The molecule has 0 aliphatic rings. The molecular weight excluding hydrogens is 540 g/mol. The van der Waals surface area contributed by atoms with Gasteiger partial charge in [0.15, 0.2) is 11.6 Å². The van der Waals surface area contributed by atoms with Gasteiger partial charge in [0, 0.05) is 44.6 Å². The lowest BCUT2D eigenvalue weighted by Crippen LogP contribution is -2.07. The molecule has 5 aromatic carbocycles. The Morgan fingerprint density at radius 1 is 0.409 bits per heavy atom. The second-order valence-corrected chi connectivity index (χ2v) is 10.8. The van der Waals surface area contributed by atoms with Gasteiger partial charge in [0.1, 0.15) is 5.65 Å². The molecule has 0 unspecified atom stereocenters. The molecule has 9 aromatic rings. The maximum Gasteiger partial charge on any atom is 0.240 e. The van der Waals surface area contributed by atoms with Gasteiger partial charge in [-0.05, 0) is 42.5 Å². The normalized spacial score (nSPS) is 11.6. The summed E-state index contributed by atoms with van der Waals surface area (Å²) in [7, 11) is 0. The number of para-hydroxylation sites is 2. The predicted molar refractivity (Wildman–Crippen MR) is 177 cm³/mol. The lowest BCUT2D eigenvalue weighted by atomic mass is 10.1. The number of fused-ring (bicyclic) bond motifs is 6. The standard InChI is InChI=1S/C38H24N6/c1-4-13-25(14-5-1)35-40-36(26-15-6-2-7-16-26)42-38(41-35)44-34-24-33-30(23-31(34)29-20-12-22-39-37(29)44)28-19-10-11-21-32(28)43(33)27-17-8-3-9-18-27/h1-24H. The number of pyridine rings is 1. The molecule has 0 bridgehead atoms. The van der Waals surface area contributed by atoms with Gasteiger partial charge in [-0.15, -0.1) is 0 Å². The molecule has 0 atom stereocenters. The number of hydrogen-bond donors (Lipinski definition) is 0. The van der Waals surface area contributed by atoms with Crippen molar-refractivity contribution in [2.45, 2.75) is 0 Å². The van der Waals surface area contributed by atoms with Gasteiger partial charge >= 0.3 is 0 Å². The van der Waals surface area contributed by atoms with Crippen LogP contribution < -0.4 is 0 Å². The molecule has 0 saturated heterocycles. The first-order chi connectivity index (χ1) is 21.8. The van der Waals surface area contributed by atoms with Crippen LogP contribution in [0.5, 0.6) is 0 Å². The molecule has 44 heavy (non-hydrogen) atoms. The van der Waals surface area contributed by atoms with Gasteiger partial charge in [0.25, 0.3) is 0 Å². The molecule has 9 rings (SSSR count). The highest BCUT2D eigenvalue weighted by molar-refractivity contribution is 6.18. The average molecular weight is 565 g/mol. The minimum absolute atomic E-state index is 0.526. The minimum atomic E-state index is 0.526. The molecule has 0 fully saturated rings. The molecular formula is C38H24N6. The highest BCUT2D eigenvalue weighted by Crippen LogP contribution is 2.39. The van der Waals surface area contributed by atoms with Gasteiger partial charge < -0.3 is 4.57 Å². The summed E-state index contributed by atoms with van der Waals surface area (Å²) in [5.41, 5.74) is 7.01. The molecule has 4 heterocycles. The van der Waals surface area contributed by atoms with Gasteiger partial charge in [0.05, 0.1) is 16.6 Å². The van der Waals surface area contributed by atoms with Gasteiger partial charge in [-0.3, -0.25) is 4.57 Å². The lowest BCUT2D eigenvalue weighted by molar-refractivity contribution is 0.944. The Bertz CT molecular complexity index is 2420. The zero-order chi connectivity index (χ0) is 29.0. The van der Waals surface area contributed by atoms with Crippen molar-refractivity contribution in [2.75, 3.05) is 0 Å². The summed E-state index contributed by atoms with van der Waals surface area (Å²) < 4.78 is 4.41. The van der Waals surface area contributed by atoms with Gasteiger partial charge in [0.2, 0.25) is 5.95 Å². The van der Waals surface area contributed by atoms with Crippen molar-refractivity contribution in [3.63, 3.8) is 0 Å². The maximum absolute atomic E-state index is 5.07. The summed E-state index contributed by atoms with van der Waals surface area (Å²) in [4.78, 5) is 19.9. The second kappa shape index (κ2) is 9.71. The number of aromatic nitrogens is 6. The SMILES string of the molecule is c1ccc(-c2nc(-c3ccccc3)nc(-n3c4cc5c(cc4c4cccnc43)c3ccccc3n5-c3ccccc3)n2)cc1. The maximum atomic E-state index is 5.07. The molecule has 0 amide bonds. The topological polar surface area (TPSA) is 61.4 Å². The second-order valence-electron chi connectivity index (χ2n) is 10.8. The van der Waals surface area contributed by atoms with E-state index in [1.165, 1.54) is 10.8 Å². The minimum Gasteiger partial charge on any atom is -0.309 e. The Labute approximate surface area is 252 Å². The number of nitrogens with zero attached hydrogens (tertiary/aromatic N) is 6. The van der Waals surface area contributed by atoms with E-state index in [-0.39, 0.29) is 0 Å². The predicted octanol–water partition coefficient (Wildman–Crippen LogP) is 8.79. The first-order valence-electron chi connectivity index (χ1n) is 14.6. The fourth-order valence-electron chi connectivity index (χ4n) is 6.26. The Morgan fingerprint density at radius 3 is 1.68 bits per heavy atom. The largest absolute Gasteiger partial charge is 0.309 e. The summed E-state index contributed by atoms with van der Waals surface area (Å²) in [5, 5.41) is 4.53. The van der Waals surface area contributed by atoms with Crippen LogP contribution in [0.3, 0.4) is 0 Å². The molecule has 0 spiro atoms. The van der Waals surface area contributed by atoms with Gasteiger partial charge in [-0.25, -0.2) is 9.97 Å². The fraction of sp³-hybridized carbons (Fsp3) is 0. The van der Waals surface area contributed by atoms with Crippen LogP contribution in [-0.2, 0) is 0 Å². The van der Waals surface area contributed by atoms with Crippen LogP contribution in [-0.4, -0.2) is 29.1 Å². The Morgan fingerprint density at radius 2 is 0.977 bits per heavy atom. The molecule has 4 aromatic heterocycles. The van der Waals surface area contributed by atoms with E-state index in [4.69, 9.17) is 19.9 Å². The Hall–Kier alpha value is -6.14.